The topological polar surface area (TPSA) is 52.3 Å². The number of ether oxygens (including phenoxy) is 1. The summed E-state index contributed by atoms with van der Waals surface area (Å²) in [6, 6.07) is 15.6. The highest BCUT2D eigenvalue weighted by atomic mass is 32.2. The summed E-state index contributed by atoms with van der Waals surface area (Å²) in [5, 5.41) is 2.82. The molecule has 0 N–H and O–H groups in total. The first kappa shape index (κ1) is 16.9. The maximum atomic E-state index is 12.4. The molecule has 0 spiro atoms. The number of hydrogen-bond acceptors (Lipinski definition) is 6. The minimum atomic E-state index is -0.390. The fraction of sp³-hybridized carbons (Fsp3) is 0.100. The highest BCUT2D eigenvalue weighted by Gasteiger charge is 2.13. The van der Waals surface area contributed by atoms with Gasteiger partial charge >= 0.3 is 5.63 Å². The van der Waals surface area contributed by atoms with Gasteiger partial charge in [0, 0.05) is 16.3 Å². The summed E-state index contributed by atoms with van der Waals surface area (Å²) in [6.45, 7) is 2.06. The highest BCUT2D eigenvalue weighted by molar-refractivity contribution is 8.01. The van der Waals surface area contributed by atoms with E-state index in [1.165, 1.54) is 28.7 Å². The van der Waals surface area contributed by atoms with Crippen molar-refractivity contribution in [1.82, 2.24) is 4.98 Å². The van der Waals surface area contributed by atoms with Gasteiger partial charge in [0.25, 0.3) is 0 Å². The van der Waals surface area contributed by atoms with E-state index < -0.39 is 0 Å². The van der Waals surface area contributed by atoms with Gasteiger partial charge in [-0.05, 0) is 19.1 Å². The van der Waals surface area contributed by atoms with Crippen LogP contribution in [-0.2, 0) is 0 Å². The number of fused-ring (bicyclic) bond motifs is 1. The van der Waals surface area contributed by atoms with E-state index in [0.717, 1.165) is 21.0 Å². The van der Waals surface area contributed by atoms with Gasteiger partial charge < -0.3 is 9.15 Å². The SMILES string of the molecule is COc1cccc2cc(Sc3nc(-c4ccc(C)cc4)cs3)c(=O)oc12. The summed E-state index contributed by atoms with van der Waals surface area (Å²) in [5.41, 5.74) is 3.25. The maximum Gasteiger partial charge on any atom is 0.350 e. The largest absolute Gasteiger partial charge is 0.493 e. The molecule has 2 aromatic heterocycles. The van der Waals surface area contributed by atoms with Gasteiger partial charge in [-0.3, -0.25) is 0 Å². The molecule has 0 aliphatic rings. The Labute approximate surface area is 158 Å². The fourth-order valence-electron chi connectivity index (χ4n) is 2.59. The van der Waals surface area contributed by atoms with E-state index in [-0.39, 0.29) is 5.63 Å². The third-order valence-electron chi connectivity index (χ3n) is 3.94. The van der Waals surface area contributed by atoms with Crippen LogP contribution in [0, 0.1) is 6.92 Å². The number of aromatic nitrogens is 1. The molecule has 130 valence electrons. The molecular formula is C20H15NO3S2. The Balaban J connectivity index is 1.66. The molecule has 26 heavy (non-hydrogen) atoms. The van der Waals surface area contributed by atoms with Crippen LogP contribution in [0.4, 0.5) is 0 Å². The van der Waals surface area contributed by atoms with Crippen LogP contribution in [0.5, 0.6) is 5.75 Å². The first-order valence-electron chi connectivity index (χ1n) is 7.95. The summed E-state index contributed by atoms with van der Waals surface area (Å²) < 4.78 is 11.5. The molecule has 2 aromatic carbocycles. The van der Waals surface area contributed by atoms with Crippen molar-refractivity contribution in [1.29, 1.82) is 0 Å². The predicted molar refractivity (Wildman–Crippen MR) is 105 cm³/mol. The third kappa shape index (κ3) is 3.25. The van der Waals surface area contributed by atoms with Gasteiger partial charge in [0.05, 0.1) is 12.8 Å². The van der Waals surface area contributed by atoms with Crippen molar-refractivity contribution in [2.45, 2.75) is 16.2 Å². The lowest BCUT2D eigenvalue weighted by atomic mass is 10.1. The molecule has 0 unspecified atom stereocenters. The minimum absolute atomic E-state index is 0.390. The molecular weight excluding hydrogens is 366 g/mol. The van der Waals surface area contributed by atoms with Crippen LogP contribution in [0.2, 0.25) is 0 Å². The van der Waals surface area contributed by atoms with Gasteiger partial charge in [0.2, 0.25) is 0 Å². The summed E-state index contributed by atoms with van der Waals surface area (Å²) in [5.74, 6) is 0.548. The Morgan fingerprint density at radius 1 is 1.15 bits per heavy atom. The number of nitrogens with zero attached hydrogens (tertiary/aromatic N) is 1. The molecule has 0 amide bonds. The Hall–Kier alpha value is -2.57. The van der Waals surface area contributed by atoms with E-state index in [2.05, 4.69) is 36.2 Å². The Kier molecular flexibility index (Phi) is 4.53. The molecule has 4 rings (SSSR count). The lowest BCUT2D eigenvalue weighted by Crippen LogP contribution is -2.02. The number of methoxy groups -OCH3 is 1. The molecule has 0 saturated heterocycles. The second-order valence-electron chi connectivity index (χ2n) is 5.74. The van der Waals surface area contributed by atoms with Gasteiger partial charge in [-0.25, -0.2) is 9.78 Å². The number of aryl methyl sites for hydroxylation is 1. The quantitative estimate of drug-likeness (QED) is 0.444. The average molecular weight is 381 g/mol. The zero-order valence-corrected chi connectivity index (χ0v) is 15.8. The number of thiazole rings is 1. The first-order chi connectivity index (χ1) is 12.6. The van der Waals surface area contributed by atoms with Crippen LogP contribution in [0.3, 0.4) is 0 Å². The van der Waals surface area contributed by atoms with Crippen molar-refractivity contribution < 1.29 is 9.15 Å². The van der Waals surface area contributed by atoms with Crippen LogP contribution < -0.4 is 10.4 Å². The standard InChI is InChI=1S/C20H15NO3S2/c1-12-6-8-13(9-7-12)15-11-25-20(21-15)26-17-10-14-4-3-5-16(23-2)18(14)24-19(17)22/h3-11H,1-2H3. The molecule has 0 atom stereocenters. The monoisotopic (exact) mass is 381 g/mol. The molecule has 0 radical (unpaired) electrons. The Morgan fingerprint density at radius 2 is 1.96 bits per heavy atom. The van der Waals surface area contributed by atoms with Crippen molar-refractivity contribution in [2.75, 3.05) is 7.11 Å². The van der Waals surface area contributed by atoms with Crippen LogP contribution in [0.25, 0.3) is 22.2 Å². The smallest absolute Gasteiger partial charge is 0.350 e. The number of hydrogen-bond donors (Lipinski definition) is 0. The predicted octanol–water partition coefficient (Wildman–Crippen LogP) is 5.38. The zero-order chi connectivity index (χ0) is 18.1. The molecule has 0 aliphatic heterocycles. The third-order valence-corrected chi connectivity index (χ3v) is 5.88. The second kappa shape index (κ2) is 6.97. The van der Waals surface area contributed by atoms with Crippen molar-refractivity contribution >= 4 is 34.1 Å². The summed E-state index contributed by atoms with van der Waals surface area (Å²) >= 11 is 2.83. The van der Waals surface area contributed by atoms with Gasteiger partial charge in [0.1, 0.15) is 4.90 Å². The van der Waals surface area contributed by atoms with Crippen LogP contribution in [-0.4, -0.2) is 12.1 Å². The molecule has 0 fully saturated rings. The normalized spacial score (nSPS) is 11.0. The summed E-state index contributed by atoms with van der Waals surface area (Å²) in [6.07, 6.45) is 0. The number of rotatable bonds is 4. The highest BCUT2D eigenvalue weighted by Crippen LogP contribution is 2.34. The van der Waals surface area contributed by atoms with Crippen LogP contribution >= 0.6 is 23.1 Å². The van der Waals surface area contributed by atoms with E-state index >= 15 is 0 Å². The number of para-hydroxylation sites is 1. The molecule has 0 saturated carbocycles. The maximum absolute atomic E-state index is 12.4. The van der Waals surface area contributed by atoms with Gasteiger partial charge in [-0.1, -0.05) is 53.7 Å². The van der Waals surface area contributed by atoms with Crippen molar-refractivity contribution in [3.63, 3.8) is 0 Å². The molecule has 6 heteroatoms. The van der Waals surface area contributed by atoms with Gasteiger partial charge in [-0.15, -0.1) is 11.3 Å². The van der Waals surface area contributed by atoms with Crippen molar-refractivity contribution in [3.8, 4) is 17.0 Å². The molecule has 0 bridgehead atoms. The average Bonchev–Trinajstić information content (AvgIpc) is 3.11. The minimum Gasteiger partial charge on any atom is -0.493 e. The lowest BCUT2D eigenvalue weighted by molar-refractivity contribution is 0.405. The fourth-order valence-corrected chi connectivity index (χ4v) is 4.39. The van der Waals surface area contributed by atoms with Gasteiger partial charge in [-0.2, -0.15) is 0 Å². The van der Waals surface area contributed by atoms with E-state index in [9.17, 15) is 4.79 Å². The zero-order valence-electron chi connectivity index (χ0n) is 14.2. The Bertz CT molecular complexity index is 1130. The summed E-state index contributed by atoms with van der Waals surface area (Å²) in [7, 11) is 1.56. The van der Waals surface area contributed by atoms with E-state index in [4.69, 9.17) is 9.15 Å². The van der Waals surface area contributed by atoms with E-state index in [1.54, 1.807) is 13.2 Å². The first-order valence-corrected chi connectivity index (χ1v) is 9.65. The second-order valence-corrected chi connectivity index (χ2v) is 7.89. The van der Waals surface area contributed by atoms with Gasteiger partial charge in [0.15, 0.2) is 15.7 Å². The lowest BCUT2D eigenvalue weighted by Gasteiger charge is -2.04. The van der Waals surface area contributed by atoms with Crippen molar-refractivity contribution in [3.05, 3.63) is 69.9 Å². The molecule has 0 aliphatic carbocycles. The molecule has 2 heterocycles. The van der Waals surface area contributed by atoms with Crippen LogP contribution in [0.15, 0.2) is 72.4 Å². The summed E-state index contributed by atoms with van der Waals surface area (Å²) in [4.78, 5) is 17.5. The van der Waals surface area contributed by atoms with Crippen molar-refractivity contribution in [2.24, 2.45) is 0 Å². The number of benzene rings is 2. The van der Waals surface area contributed by atoms with E-state index in [0.29, 0.717) is 16.2 Å². The molecule has 4 nitrogen and oxygen atoms in total. The van der Waals surface area contributed by atoms with E-state index in [1.807, 2.05) is 23.6 Å². The molecule has 4 aromatic rings. The van der Waals surface area contributed by atoms with Crippen LogP contribution in [0.1, 0.15) is 5.56 Å². The Morgan fingerprint density at radius 3 is 2.73 bits per heavy atom.